The van der Waals surface area contributed by atoms with Gasteiger partial charge in [0.05, 0.1) is 17.6 Å². The molecular weight excluding hydrogens is 284 g/mol. The van der Waals surface area contributed by atoms with Crippen molar-refractivity contribution in [3.8, 4) is 0 Å². The number of carbonyl (C=O) groups excluding carboxylic acids is 1. The van der Waals surface area contributed by atoms with Crippen LogP contribution in [0.2, 0.25) is 0 Å². The van der Waals surface area contributed by atoms with Crippen LogP contribution in [0, 0.1) is 6.92 Å². The third-order valence-electron chi connectivity index (χ3n) is 3.37. The molecule has 0 aliphatic rings. The van der Waals surface area contributed by atoms with Gasteiger partial charge in [-0.1, -0.05) is 0 Å². The Labute approximate surface area is 126 Å². The highest BCUT2D eigenvalue weighted by Crippen LogP contribution is 2.19. The van der Waals surface area contributed by atoms with E-state index in [-0.39, 0.29) is 5.91 Å². The van der Waals surface area contributed by atoms with Gasteiger partial charge in [0.2, 0.25) is 5.91 Å². The Morgan fingerprint density at radius 1 is 1.48 bits per heavy atom. The third kappa shape index (κ3) is 2.95. The number of amides is 1. The largest absolute Gasteiger partial charge is 0.325 e. The van der Waals surface area contributed by atoms with Crippen molar-refractivity contribution in [1.82, 2.24) is 14.8 Å². The summed E-state index contributed by atoms with van der Waals surface area (Å²) in [5.74, 6) is 0.00360. The van der Waals surface area contributed by atoms with E-state index in [9.17, 15) is 4.79 Å². The fourth-order valence-corrected chi connectivity index (χ4v) is 3.00. The molecule has 0 spiro atoms. The van der Waals surface area contributed by atoms with E-state index < -0.39 is 0 Å². The SMILES string of the molecule is Cc1nn(C)c2ncc(NC(=O)CCc3ccsc3)cc12. The normalized spacial score (nSPS) is 11.0. The molecule has 0 saturated heterocycles. The quantitative estimate of drug-likeness (QED) is 0.806. The Bertz CT molecular complexity index is 776. The molecule has 0 saturated carbocycles. The summed E-state index contributed by atoms with van der Waals surface area (Å²) < 4.78 is 1.74. The van der Waals surface area contributed by atoms with E-state index in [0.717, 1.165) is 23.1 Å². The van der Waals surface area contributed by atoms with Crippen LogP contribution in [-0.2, 0) is 18.3 Å². The molecule has 1 amide bonds. The van der Waals surface area contributed by atoms with Crippen LogP contribution in [0.4, 0.5) is 5.69 Å². The zero-order chi connectivity index (χ0) is 14.8. The van der Waals surface area contributed by atoms with Gasteiger partial charge in [0.25, 0.3) is 0 Å². The lowest BCUT2D eigenvalue weighted by atomic mass is 10.2. The molecule has 3 rings (SSSR count). The molecule has 0 aliphatic carbocycles. The van der Waals surface area contributed by atoms with Crippen molar-refractivity contribution in [2.75, 3.05) is 5.32 Å². The van der Waals surface area contributed by atoms with Crippen LogP contribution in [0.25, 0.3) is 11.0 Å². The van der Waals surface area contributed by atoms with E-state index in [1.165, 1.54) is 5.56 Å². The molecule has 3 heterocycles. The molecule has 1 N–H and O–H groups in total. The number of aromatic nitrogens is 3. The highest BCUT2D eigenvalue weighted by atomic mass is 32.1. The van der Waals surface area contributed by atoms with Gasteiger partial charge >= 0.3 is 0 Å². The van der Waals surface area contributed by atoms with Gasteiger partial charge in [-0.3, -0.25) is 9.48 Å². The first-order valence-corrected chi connectivity index (χ1v) is 7.68. The highest BCUT2D eigenvalue weighted by Gasteiger charge is 2.09. The molecule has 0 unspecified atom stereocenters. The highest BCUT2D eigenvalue weighted by molar-refractivity contribution is 7.07. The number of nitrogens with zero attached hydrogens (tertiary/aromatic N) is 3. The molecule has 3 aromatic heterocycles. The molecule has 0 fully saturated rings. The van der Waals surface area contributed by atoms with Gasteiger partial charge in [-0.05, 0) is 41.8 Å². The zero-order valence-corrected chi connectivity index (χ0v) is 12.8. The molecule has 108 valence electrons. The van der Waals surface area contributed by atoms with E-state index in [1.54, 1.807) is 22.2 Å². The Morgan fingerprint density at radius 3 is 3.10 bits per heavy atom. The minimum absolute atomic E-state index is 0.00360. The maximum Gasteiger partial charge on any atom is 0.224 e. The Hall–Kier alpha value is -2.21. The predicted octanol–water partition coefficient (Wildman–Crippen LogP) is 2.91. The van der Waals surface area contributed by atoms with Gasteiger partial charge in [0.1, 0.15) is 0 Å². The van der Waals surface area contributed by atoms with Crippen LogP contribution in [-0.4, -0.2) is 20.7 Å². The second kappa shape index (κ2) is 5.65. The summed E-state index contributed by atoms with van der Waals surface area (Å²) in [6.07, 6.45) is 2.91. The number of nitrogens with one attached hydrogen (secondary N) is 1. The summed E-state index contributed by atoms with van der Waals surface area (Å²) >= 11 is 1.65. The Balaban J connectivity index is 1.69. The zero-order valence-electron chi connectivity index (χ0n) is 12.0. The number of aryl methyl sites for hydroxylation is 3. The smallest absolute Gasteiger partial charge is 0.224 e. The van der Waals surface area contributed by atoms with Crippen molar-refractivity contribution in [3.63, 3.8) is 0 Å². The second-order valence-electron chi connectivity index (χ2n) is 4.98. The number of carbonyl (C=O) groups is 1. The summed E-state index contributed by atoms with van der Waals surface area (Å²) in [7, 11) is 1.86. The number of fused-ring (bicyclic) bond motifs is 1. The fraction of sp³-hybridized carbons (Fsp3) is 0.267. The van der Waals surface area contributed by atoms with E-state index in [4.69, 9.17) is 0 Å². The number of hydrogen-bond acceptors (Lipinski definition) is 4. The van der Waals surface area contributed by atoms with Crippen molar-refractivity contribution in [2.24, 2.45) is 7.05 Å². The van der Waals surface area contributed by atoms with Gasteiger partial charge in [-0.2, -0.15) is 16.4 Å². The lowest BCUT2D eigenvalue weighted by molar-refractivity contribution is -0.116. The molecule has 3 aromatic rings. The van der Waals surface area contributed by atoms with Gasteiger partial charge in [-0.15, -0.1) is 0 Å². The molecule has 0 atom stereocenters. The second-order valence-corrected chi connectivity index (χ2v) is 5.76. The van der Waals surface area contributed by atoms with E-state index >= 15 is 0 Å². The van der Waals surface area contributed by atoms with E-state index in [2.05, 4.69) is 20.8 Å². The molecule has 6 heteroatoms. The van der Waals surface area contributed by atoms with Gasteiger partial charge < -0.3 is 5.32 Å². The Morgan fingerprint density at radius 2 is 2.33 bits per heavy atom. The summed E-state index contributed by atoms with van der Waals surface area (Å²) in [4.78, 5) is 16.3. The average Bonchev–Trinajstić information content (AvgIpc) is 3.06. The summed E-state index contributed by atoms with van der Waals surface area (Å²) in [5, 5.41) is 12.3. The van der Waals surface area contributed by atoms with E-state index in [0.29, 0.717) is 12.1 Å². The first-order chi connectivity index (χ1) is 10.1. The van der Waals surface area contributed by atoms with Gasteiger partial charge in [0, 0.05) is 18.9 Å². The molecule has 0 aromatic carbocycles. The van der Waals surface area contributed by atoms with Crippen LogP contribution in [0.5, 0.6) is 0 Å². The van der Waals surface area contributed by atoms with Crippen LogP contribution in [0.3, 0.4) is 0 Å². The maximum absolute atomic E-state index is 12.0. The lowest BCUT2D eigenvalue weighted by Gasteiger charge is -2.05. The average molecular weight is 300 g/mol. The standard InChI is InChI=1S/C15H16N4OS/c1-10-13-7-12(8-16-15(13)19(2)18-10)17-14(20)4-3-11-5-6-21-9-11/h5-9H,3-4H2,1-2H3,(H,17,20). The lowest BCUT2D eigenvalue weighted by Crippen LogP contribution is -2.12. The molecule has 21 heavy (non-hydrogen) atoms. The minimum Gasteiger partial charge on any atom is -0.325 e. The first kappa shape index (κ1) is 13.8. The topological polar surface area (TPSA) is 59.8 Å². The fourth-order valence-electron chi connectivity index (χ4n) is 2.29. The minimum atomic E-state index is 0.00360. The van der Waals surface area contributed by atoms with Gasteiger partial charge in [-0.25, -0.2) is 4.98 Å². The van der Waals surface area contributed by atoms with Crippen molar-refractivity contribution < 1.29 is 4.79 Å². The number of rotatable bonds is 4. The monoisotopic (exact) mass is 300 g/mol. The van der Waals surface area contributed by atoms with Crippen molar-refractivity contribution >= 4 is 34.0 Å². The number of pyridine rings is 1. The van der Waals surface area contributed by atoms with Crippen molar-refractivity contribution in [2.45, 2.75) is 19.8 Å². The van der Waals surface area contributed by atoms with Crippen molar-refractivity contribution in [3.05, 3.63) is 40.3 Å². The number of hydrogen-bond donors (Lipinski definition) is 1. The van der Waals surface area contributed by atoms with E-state index in [1.807, 2.05) is 31.5 Å². The summed E-state index contributed by atoms with van der Waals surface area (Å²) in [5.41, 5.74) is 3.65. The predicted molar refractivity (Wildman–Crippen MR) is 84.5 cm³/mol. The van der Waals surface area contributed by atoms with Crippen LogP contribution < -0.4 is 5.32 Å². The maximum atomic E-state index is 12.0. The first-order valence-electron chi connectivity index (χ1n) is 6.74. The molecule has 5 nitrogen and oxygen atoms in total. The molecular formula is C15H16N4OS. The van der Waals surface area contributed by atoms with Crippen molar-refractivity contribution in [1.29, 1.82) is 0 Å². The molecule has 0 radical (unpaired) electrons. The van der Waals surface area contributed by atoms with Gasteiger partial charge in [0.15, 0.2) is 5.65 Å². The van der Waals surface area contributed by atoms with Crippen LogP contribution in [0.1, 0.15) is 17.7 Å². The molecule has 0 aliphatic heterocycles. The Kier molecular flexibility index (Phi) is 3.70. The third-order valence-corrected chi connectivity index (χ3v) is 4.10. The number of thiophene rings is 1. The summed E-state index contributed by atoms with van der Waals surface area (Å²) in [6.45, 7) is 1.94. The summed E-state index contributed by atoms with van der Waals surface area (Å²) in [6, 6.07) is 3.97. The van der Waals surface area contributed by atoms with Crippen LogP contribution in [0.15, 0.2) is 29.1 Å². The van der Waals surface area contributed by atoms with Crippen LogP contribution >= 0.6 is 11.3 Å². The molecule has 0 bridgehead atoms. The number of anilines is 1.